The highest BCUT2D eigenvalue weighted by Crippen LogP contribution is 2.31. The highest BCUT2D eigenvalue weighted by atomic mass is 32.2. The van der Waals surface area contributed by atoms with Crippen LogP contribution in [0.15, 0.2) is 22.7 Å². The smallest absolute Gasteiger partial charge is 0.339 e. The molecule has 3 aromatic rings. The SMILES string of the molecule is CCn1c(SC(C)C(=O)c2[nH]c(C)c(C(=O)OC)c2C)nnc1-c1cccs1. The lowest BCUT2D eigenvalue weighted by Crippen LogP contribution is -2.16. The maximum Gasteiger partial charge on any atom is 0.339 e. The molecule has 0 saturated heterocycles. The number of methoxy groups -OCH3 is 1. The number of hydrogen-bond donors (Lipinski definition) is 1. The number of Topliss-reactive ketones (excluding diaryl/α,β-unsaturated/α-hetero) is 1. The van der Waals surface area contributed by atoms with Crippen LogP contribution in [0.2, 0.25) is 0 Å². The van der Waals surface area contributed by atoms with Crippen molar-refractivity contribution in [3.63, 3.8) is 0 Å². The van der Waals surface area contributed by atoms with Crippen molar-refractivity contribution in [2.75, 3.05) is 7.11 Å². The van der Waals surface area contributed by atoms with Gasteiger partial charge in [0.2, 0.25) is 0 Å². The molecule has 0 bridgehead atoms. The number of carbonyl (C=O) groups is 2. The zero-order valence-corrected chi connectivity index (χ0v) is 18.0. The Morgan fingerprint density at radius 3 is 2.71 bits per heavy atom. The second-order valence-electron chi connectivity index (χ2n) is 6.27. The number of thiophene rings is 1. The number of aromatic amines is 1. The molecule has 0 radical (unpaired) electrons. The molecule has 0 amide bonds. The van der Waals surface area contributed by atoms with E-state index >= 15 is 0 Å². The molecule has 0 aliphatic rings. The summed E-state index contributed by atoms with van der Waals surface area (Å²) in [5, 5.41) is 10.9. The molecule has 0 aliphatic carbocycles. The number of aryl methyl sites for hydroxylation is 1. The Balaban J connectivity index is 1.85. The van der Waals surface area contributed by atoms with E-state index in [0.29, 0.717) is 34.2 Å². The summed E-state index contributed by atoms with van der Waals surface area (Å²) in [4.78, 5) is 29.1. The van der Waals surface area contributed by atoms with Gasteiger partial charge < -0.3 is 14.3 Å². The van der Waals surface area contributed by atoms with Gasteiger partial charge in [-0.05, 0) is 44.7 Å². The van der Waals surface area contributed by atoms with Gasteiger partial charge in [0.05, 0.1) is 28.5 Å². The van der Waals surface area contributed by atoms with Crippen LogP contribution in [0, 0.1) is 13.8 Å². The molecule has 1 N–H and O–H groups in total. The second-order valence-corrected chi connectivity index (χ2v) is 8.52. The average Bonchev–Trinajstić information content (AvgIpc) is 3.39. The molecule has 0 aliphatic heterocycles. The van der Waals surface area contributed by atoms with Gasteiger partial charge in [0.15, 0.2) is 16.8 Å². The van der Waals surface area contributed by atoms with Gasteiger partial charge in [-0.2, -0.15) is 0 Å². The minimum atomic E-state index is -0.447. The normalized spacial score (nSPS) is 12.2. The fourth-order valence-electron chi connectivity index (χ4n) is 3.07. The van der Waals surface area contributed by atoms with Crippen molar-refractivity contribution in [1.82, 2.24) is 19.7 Å². The maximum absolute atomic E-state index is 13.0. The van der Waals surface area contributed by atoms with E-state index in [4.69, 9.17) is 4.74 Å². The fraction of sp³-hybridized carbons (Fsp3) is 0.368. The lowest BCUT2D eigenvalue weighted by molar-refractivity contribution is 0.0599. The number of nitrogens with zero attached hydrogens (tertiary/aromatic N) is 3. The van der Waals surface area contributed by atoms with Crippen molar-refractivity contribution >= 4 is 34.9 Å². The molecule has 3 heterocycles. The van der Waals surface area contributed by atoms with E-state index in [2.05, 4.69) is 15.2 Å². The van der Waals surface area contributed by atoms with Crippen molar-refractivity contribution in [3.8, 4) is 10.7 Å². The van der Waals surface area contributed by atoms with Crippen LogP contribution in [0.1, 0.15) is 46.0 Å². The summed E-state index contributed by atoms with van der Waals surface area (Å²) in [5.41, 5.74) is 2.08. The van der Waals surface area contributed by atoms with Crippen LogP contribution >= 0.6 is 23.1 Å². The third-order valence-electron chi connectivity index (χ3n) is 4.50. The summed E-state index contributed by atoms with van der Waals surface area (Å²) in [6.07, 6.45) is 0. The van der Waals surface area contributed by atoms with Gasteiger partial charge in [-0.3, -0.25) is 4.79 Å². The number of hydrogen-bond acceptors (Lipinski definition) is 7. The number of nitrogens with one attached hydrogen (secondary N) is 1. The first-order chi connectivity index (χ1) is 13.4. The number of rotatable bonds is 7. The van der Waals surface area contributed by atoms with Crippen LogP contribution in [0.25, 0.3) is 10.7 Å². The molecule has 0 spiro atoms. The molecule has 0 saturated carbocycles. The first-order valence-corrected chi connectivity index (χ1v) is 10.6. The Kier molecular flexibility index (Phi) is 6.04. The lowest BCUT2D eigenvalue weighted by atomic mass is 10.1. The maximum atomic E-state index is 13.0. The van der Waals surface area contributed by atoms with E-state index in [1.54, 1.807) is 25.2 Å². The van der Waals surface area contributed by atoms with Gasteiger partial charge in [-0.15, -0.1) is 21.5 Å². The van der Waals surface area contributed by atoms with Crippen molar-refractivity contribution in [2.24, 2.45) is 0 Å². The molecule has 3 rings (SSSR count). The van der Waals surface area contributed by atoms with Crippen LogP contribution < -0.4 is 0 Å². The van der Waals surface area contributed by atoms with E-state index in [-0.39, 0.29) is 5.78 Å². The Bertz CT molecular complexity index is 1000. The van der Waals surface area contributed by atoms with Crippen LogP contribution in [0.3, 0.4) is 0 Å². The van der Waals surface area contributed by atoms with Gasteiger partial charge in [-0.25, -0.2) is 4.79 Å². The monoisotopic (exact) mass is 418 g/mol. The average molecular weight is 419 g/mol. The predicted octanol–water partition coefficient (Wildman–Crippen LogP) is 4.12. The Hall–Kier alpha value is -2.39. The fourth-order valence-corrected chi connectivity index (χ4v) is 4.76. The number of aromatic nitrogens is 4. The zero-order valence-electron chi connectivity index (χ0n) is 16.4. The molecule has 28 heavy (non-hydrogen) atoms. The topological polar surface area (TPSA) is 89.9 Å². The molecule has 1 atom stereocenters. The predicted molar refractivity (Wildman–Crippen MR) is 110 cm³/mol. The number of esters is 1. The van der Waals surface area contributed by atoms with Gasteiger partial charge >= 0.3 is 5.97 Å². The minimum Gasteiger partial charge on any atom is -0.465 e. The van der Waals surface area contributed by atoms with Crippen LogP contribution in [0.5, 0.6) is 0 Å². The Morgan fingerprint density at radius 2 is 2.11 bits per heavy atom. The number of ether oxygens (including phenoxy) is 1. The van der Waals surface area contributed by atoms with E-state index in [1.807, 2.05) is 35.9 Å². The van der Waals surface area contributed by atoms with Crippen LogP contribution in [0.4, 0.5) is 0 Å². The van der Waals surface area contributed by atoms with Gasteiger partial charge in [0, 0.05) is 12.2 Å². The van der Waals surface area contributed by atoms with Crippen LogP contribution in [-0.4, -0.2) is 43.9 Å². The third kappa shape index (κ3) is 3.64. The second kappa shape index (κ2) is 8.32. The van der Waals surface area contributed by atoms with E-state index in [1.165, 1.54) is 18.9 Å². The number of H-pyrrole nitrogens is 1. The van der Waals surface area contributed by atoms with Crippen molar-refractivity contribution < 1.29 is 14.3 Å². The standard InChI is InChI=1S/C19H22N4O3S2/c1-6-23-17(13-8-7-9-27-13)21-22-19(23)28-12(4)16(24)15-10(2)14(11(3)20-15)18(25)26-5/h7-9,12,20H,6H2,1-5H3. The van der Waals surface area contributed by atoms with Crippen LogP contribution in [-0.2, 0) is 11.3 Å². The molecule has 7 nitrogen and oxygen atoms in total. The first-order valence-electron chi connectivity index (χ1n) is 8.84. The summed E-state index contributed by atoms with van der Waals surface area (Å²) in [6.45, 7) is 8.08. The number of ketones is 1. The molecule has 3 aromatic heterocycles. The number of carbonyl (C=O) groups excluding carboxylic acids is 2. The molecule has 148 valence electrons. The van der Waals surface area contributed by atoms with E-state index in [9.17, 15) is 9.59 Å². The summed E-state index contributed by atoms with van der Waals surface area (Å²) in [5.74, 6) is 0.264. The van der Waals surface area contributed by atoms with E-state index in [0.717, 1.165) is 10.7 Å². The highest BCUT2D eigenvalue weighted by Gasteiger charge is 2.27. The summed E-state index contributed by atoms with van der Waals surface area (Å²) < 4.78 is 6.83. The van der Waals surface area contributed by atoms with Gasteiger partial charge in [0.1, 0.15) is 0 Å². The molecule has 1 unspecified atom stereocenters. The highest BCUT2D eigenvalue weighted by molar-refractivity contribution is 8.00. The Labute approximate surface area is 171 Å². The molecular formula is C19H22N4O3S2. The molecular weight excluding hydrogens is 396 g/mol. The molecule has 0 fully saturated rings. The summed E-state index contributed by atoms with van der Waals surface area (Å²) in [7, 11) is 1.33. The third-order valence-corrected chi connectivity index (χ3v) is 6.45. The zero-order chi connectivity index (χ0) is 20.4. The van der Waals surface area contributed by atoms with Gasteiger partial charge in [-0.1, -0.05) is 17.8 Å². The molecule has 9 heteroatoms. The molecule has 0 aromatic carbocycles. The Morgan fingerprint density at radius 1 is 1.36 bits per heavy atom. The van der Waals surface area contributed by atoms with Crippen molar-refractivity contribution in [1.29, 1.82) is 0 Å². The van der Waals surface area contributed by atoms with Crippen molar-refractivity contribution in [2.45, 2.75) is 44.6 Å². The van der Waals surface area contributed by atoms with E-state index < -0.39 is 11.2 Å². The van der Waals surface area contributed by atoms with Gasteiger partial charge in [0.25, 0.3) is 0 Å². The van der Waals surface area contributed by atoms with Crippen molar-refractivity contribution in [3.05, 3.63) is 40.0 Å². The summed E-state index contributed by atoms with van der Waals surface area (Å²) in [6, 6.07) is 3.98. The quantitative estimate of drug-likeness (QED) is 0.353. The summed E-state index contributed by atoms with van der Waals surface area (Å²) >= 11 is 2.97. The minimum absolute atomic E-state index is 0.0934. The largest absolute Gasteiger partial charge is 0.465 e. The number of thioether (sulfide) groups is 1. The first kappa shape index (κ1) is 20.3. The lowest BCUT2D eigenvalue weighted by Gasteiger charge is -2.11.